The number of nitro groups is 1. The lowest BCUT2D eigenvalue weighted by Crippen LogP contribution is -2.03. The standard InChI is InChI=1S/C12H13FN4O3/c1-16-7-8(6-15-16)5-14-10-4-12(20-2)11(17(18)19)3-9(10)13/h3-4,6-7,14H,5H2,1-2H3. The maximum absolute atomic E-state index is 13.8. The van der Waals surface area contributed by atoms with Crippen LogP contribution in [0.2, 0.25) is 0 Å². The largest absolute Gasteiger partial charge is 0.490 e. The summed E-state index contributed by atoms with van der Waals surface area (Å²) in [5, 5.41) is 17.6. The fraction of sp³-hybridized carbons (Fsp3) is 0.250. The van der Waals surface area contributed by atoms with Crippen LogP contribution in [0.4, 0.5) is 15.8 Å². The molecule has 0 aliphatic rings. The highest BCUT2D eigenvalue weighted by Crippen LogP contribution is 2.32. The van der Waals surface area contributed by atoms with Gasteiger partial charge >= 0.3 is 5.69 Å². The van der Waals surface area contributed by atoms with Crippen molar-refractivity contribution in [3.8, 4) is 5.75 Å². The Bertz CT molecular complexity index is 642. The van der Waals surface area contributed by atoms with E-state index in [9.17, 15) is 14.5 Å². The van der Waals surface area contributed by atoms with Gasteiger partial charge in [-0.1, -0.05) is 0 Å². The second-order valence-corrected chi connectivity index (χ2v) is 4.14. The second kappa shape index (κ2) is 5.55. The van der Waals surface area contributed by atoms with Crippen molar-refractivity contribution in [2.24, 2.45) is 7.05 Å². The summed E-state index contributed by atoms with van der Waals surface area (Å²) in [6, 6.07) is 2.11. The number of nitrogens with one attached hydrogen (secondary N) is 1. The number of aromatic nitrogens is 2. The van der Waals surface area contributed by atoms with Crippen molar-refractivity contribution >= 4 is 11.4 Å². The van der Waals surface area contributed by atoms with E-state index in [1.54, 1.807) is 24.1 Å². The Balaban J connectivity index is 2.21. The molecule has 0 bridgehead atoms. The summed E-state index contributed by atoms with van der Waals surface area (Å²) < 4.78 is 20.3. The molecule has 1 aromatic carbocycles. The Kier molecular flexibility index (Phi) is 3.83. The molecule has 0 unspecified atom stereocenters. The van der Waals surface area contributed by atoms with Crippen LogP contribution in [0.3, 0.4) is 0 Å². The topological polar surface area (TPSA) is 82.2 Å². The van der Waals surface area contributed by atoms with Crippen LogP contribution in [-0.4, -0.2) is 21.8 Å². The van der Waals surface area contributed by atoms with E-state index in [2.05, 4.69) is 10.4 Å². The smallest absolute Gasteiger partial charge is 0.313 e. The van der Waals surface area contributed by atoms with Crippen LogP contribution in [0.1, 0.15) is 5.56 Å². The summed E-state index contributed by atoms with van der Waals surface area (Å²) in [6.07, 6.45) is 3.43. The number of aryl methyl sites for hydroxylation is 1. The molecule has 2 rings (SSSR count). The van der Waals surface area contributed by atoms with Gasteiger partial charge in [-0.05, 0) is 0 Å². The minimum atomic E-state index is -0.707. The molecule has 1 N–H and O–H groups in total. The van der Waals surface area contributed by atoms with Crippen LogP contribution in [0.25, 0.3) is 0 Å². The van der Waals surface area contributed by atoms with E-state index >= 15 is 0 Å². The Morgan fingerprint density at radius 2 is 2.30 bits per heavy atom. The predicted octanol–water partition coefficient (Wildman–Crippen LogP) is 2.09. The molecule has 0 saturated heterocycles. The zero-order valence-corrected chi connectivity index (χ0v) is 11.0. The van der Waals surface area contributed by atoms with Crippen molar-refractivity contribution in [3.63, 3.8) is 0 Å². The average Bonchev–Trinajstić information content (AvgIpc) is 2.82. The van der Waals surface area contributed by atoms with E-state index < -0.39 is 16.4 Å². The minimum Gasteiger partial charge on any atom is -0.490 e. The van der Waals surface area contributed by atoms with Crippen LogP contribution in [0.15, 0.2) is 24.5 Å². The molecule has 0 aliphatic carbocycles. The first-order valence-corrected chi connectivity index (χ1v) is 5.74. The molecule has 106 valence electrons. The van der Waals surface area contributed by atoms with Gasteiger partial charge in [0.1, 0.15) is 0 Å². The third-order valence-electron chi connectivity index (χ3n) is 2.71. The van der Waals surface area contributed by atoms with Crippen molar-refractivity contribution in [2.75, 3.05) is 12.4 Å². The highest BCUT2D eigenvalue weighted by atomic mass is 19.1. The number of benzene rings is 1. The number of halogens is 1. The molecular weight excluding hydrogens is 267 g/mol. The van der Waals surface area contributed by atoms with Gasteiger partial charge in [-0.15, -0.1) is 0 Å². The number of methoxy groups -OCH3 is 1. The number of nitro benzene ring substituents is 1. The molecular formula is C12H13FN4O3. The molecule has 1 heterocycles. The van der Waals surface area contributed by atoms with Gasteiger partial charge in [0, 0.05) is 31.4 Å². The summed E-state index contributed by atoms with van der Waals surface area (Å²) in [5.41, 5.74) is 0.595. The van der Waals surface area contributed by atoms with Crippen LogP contribution in [-0.2, 0) is 13.6 Å². The first-order valence-electron chi connectivity index (χ1n) is 5.74. The number of ether oxygens (including phenoxy) is 1. The van der Waals surface area contributed by atoms with Gasteiger partial charge in [-0.2, -0.15) is 5.10 Å². The maximum atomic E-state index is 13.8. The summed E-state index contributed by atoms with van der Waals surface area (Å²) in [6.45, 7) is 0.353. The minimum absolute atomic E-state index is 0.00471. The molecule has 8 heteroatoms. The lowest BCUT2D eigenvalue weighted by Gasteiger charge is -2.09. The van der Waals surface area contributed by atoms with Crippen molar-refractivity contribution < 1.29 is 14.1 Å². The predicted molar refractivity (Wildman–Crippen MR) is 70.1 cm³/mol. The van der Waals surface area contributed by atoms with Gasteiger partial charge in [-0.25, -0.2) is 4.39 Å². The zero-order chi connectivity index (χ0) is 14.7. The van der Waals surface area contributed by atoms with E-state index in [4.69, 9.17) is 4.74 Å². The number of nitrogens with zero attached hydrogens (tertiary/aromatic N) is 3. The lowest BCUT2D eigenvalue weighted by atomic mass is 10.2. The van der Waals surface area contributed by atoms with Crippen LogP contribution >= 0.6 is 0 Å². The molecule has 0 saturated carbocycles. The normalized spacial score (nSPS) is 10.3. The number of hydrogen-bond donors (Lipinski definition) is 1. The second-order valence-electron chi connectivity index (χ2n) is 4.14. The summed E-state index contributed by atoms with van der Waals surface area (Å²) >= 11 is 0. The maximum Gasteiger partial charge on any atom is 0.313 e. The van der Waals surface area contributed by atoms with Gasteiger partial charge in [0.05, 0.1) is 30.0 Å². The number of hydrogen-bond acceptors (Lipinski definition) is 5. The van der Waals surface area contributed by atoms with Crippen molar-refractivity contribution in [3.05, 3.63) is 46.0 Å². The van der Waals surface area contributed by atoms with E-state index in [1.807, 2.05) is 0 Å². The van der Waals surface area contributed by atoms with Crippen LogP contribution < -0.4 is 10.1 Å². The van der Waals surface area contributed by atoms with E-state index in [0.29, 0.717) is 6.54 Å². The van der Waals surface area contributed by atoms with E-state index in [0.717, 1.165) is 11.6 Å². The number of rotatable bonds is 5. The zero-order valence-electron chi connectivity index (χ0n) is 11.0. The van der Waals surface area contributed by atoms with Crippen LogP contribution in [0, 0.1) is 15.9 Å². The number of anilines is 1. The van der Waals surface area contributed by atoms with Gasteiger partial charge in [0.25, 0.3) is 0 Å². The molecule has 0 fully saturated rings. The summed E-state index contributed by atoms with van der Waals surface area (Å²) in [7, 11) is 3.07. The average molecular weight is 280 g/mol. The molecule has 2 aromatic rings. The highest BCUT2D eigenvalue weighted by Gasteiger charge is 2.19. The Labute approximate surface area is 114 Å². The van der Waals surface area contributed by atoms with Crippen molar-refractivity contribution in [1.29, 1.82) is 0 Å². The van der Waals surface area contributed by atoms with E-state index in [-0.39, 0.29) is 11.4 Å². The quantitative estimate of drug-likeness (QED) is 0.669. The SMILES string of the molecule is COc1cc(NCc2cnn(C)c2)c(F)cc1[N+](=O)[O-]. The summed E-state index contributed by atoms with van der Waals surface area (Å²) in [5.74, 6) is -0.702. The third-order valence-corrected chi connectivity index (χ3v) is 2.71. The highest BCUT2D eigenvalue weighted by molar-refractivity contribution is 5.59. The lowest BCUT2D eigenvalue weighted by molar-refractivity contribution is -0.385. The van der Waals surface area contributed by atoms with Crippen LogP contribution in [0.5, 0.6) is 5.75 Å². The molecule has 7 nitrogen and oxygen atoms in total. The fourth-order valence-electron chi connectivity index (χ4n) is 1.74. The fourth-order valence-corrected chi connectivity index (χ4v) is 1.74. The molecule has 0 spiro atoms. The molecule has 1 aromatic heterocycles. The van der Waals surface area contributed by atoms with E-state index in [1.165, 1.54) is 13.2 Å². The monoisotopic (exact) mass is 280 g/mol. The Morgan fingerprint density at radius 1 is 1.55 bits per heavy atom. The van der Waals surface area contributed by atoms with Crippen molar-refractivity contribution in [1.82, 2.24) is 9.78 Å². The molecule has 20 heavy (non-hydrogen) atoms. The third kappa shape index (κ3) is 2.85. The molecule has 0 atom stereocenters. The van der Waals surface area contributed by atoms with Gasteiger partial charge in [-0.3, -0.25) is 14.8 Å². The first-order chi connectivity index (χ1) is 9.51. The van der Waals surface area contributed by atoms with Gasteiger partial charge in [0.2, 0.25) is 0 Å². The van der Waals surface area contributed by atoms with Crippen molar-refractivity contribution in [2.45, 2.75) is 6.54 Å². The van der Waals surface area contributed by atoms with Gasteiger partial charge < -0.3 is 10.1 Å². The molecule has 0 amide bonds. The first kappa shape index (κ1) is 13.8. The Hall–Kier alpha value is -2.64. The molecule has 0 radical (unpaired) electrons. The Morgan fingerprint density at radius 3 is 2.85 bits per heavy atom. The summed E-state index contributed by atoms with van der Waals surface area (Å²) in [4.78, 5) is 10.1. The molecule has 0 aliphatic heterocycles. The van der Waals surface area contributed by atoms with Gasteiger partial charge in [0.15, 0.2) is 11.6 Å².